The molecule has 0 aliphatic carbocycles. The monoisotopic (exact) mass is 399 g/mol. The van der Waals surface area contributed by atoms with Gasteiger partial charge in [-0.05, 0) is 50.2 Å². The van der Waals surface area contributed by atoms with Gasteiger partial charge in [0.05, 0.1) is 21.3 Å². The van der Waals surface area contributed by atoms with Crippen molar-refractivity contribution in [1.82, 2.24) is 19.9 Å². The maximum atomic E-state index is 12.1. The van der Waals surface area contributed by atoms with Crippen LogP contribution in [0.25, 0.3) is 21.3 Å². The Labute approximate surface area is 165 Å². The number of anilines is 2. The first kappa shape index (κ1) is 17.8. The molecule has 0 radical (unpaired) electrons. The van der Waals surface area contributed by atoms with Crippen LogP contribution in [0.2, 0.25) is 5.02 Å². The zero-order valence-corrected chi connectivity index (χ0v) is 16.5. The Kier molecular flexibility index (Phi) is 4.72. The van der Waals surface area contributed by atoms with Crippen molar-refractivity contribution in [2.75, 3.05) is 11.9 Å². The molecule has 27 heavy (non-hydrogen) atoms. The third kappa shape index (κ3) is 3.36. The van der Waals surface area contributed by atoms with Gasteiger partial charge in [0, 0.05) is 23.7 Å². The normalized spacial score (nSPS) is 11.2. The van der Waals surface area contributed by atoms with Gasteiger partial charge in [0.15, 0.2) is 5.13 Å². The number of thiazole rings is 1. The van der Waals surface area contributed by atoms with Crippen LogP contribution in [0.3, 0.4) is 0 Å². The average molecular weight is 400 g/mol. The van der Waals surface area contributed by atoms with Crippen molar-refractivity contribution in [2.45, 2.75) is 20.4 Å². The standard InChI is InChI=1S/C19H18ClN5OS/c1-3-21-17(26)11-5-8-15-14(9-11)22-18(25(15)4-2)24-19-23-13-7-6-12(20)10-16(13)27-19/h5-10H,3-4H2,1-2H3,(H,21,26)(H,22,23,24). The second-order valence-electron chi connectivity index (χ2n) is 6.00. The Hall–Kier alpha value is -2.64. The van der Waals surface area contributed by atoms with Crippen molar-refractivity contribution in [3.8, 4) is 0 Å². The van der Waals surface area contributed by atoms with Crippen molar-refractivity contribution < 1.29 is 4.79 Å². The molecule has 0 bridgehead atoms. The first-order valence-electron chi connectivity index (χ1n) is 8.70. The predicted octanol–water partition coefficient (Wildman–Crippen LogP) is 4.81. The number of amides is 1. The molecule has 0 unspecified atom stereocenters. The van der Waals surface area contributed by atoms with Crippen molar-refractivity contribution in [3.05, 3.63) is 47.0 Å². The fourth-order valence-electron chi connectivity index (χ4n) is 3.00. The van der Waals surface area contributed by atoms with E-state index in [0.717, 1.165) is 32.9 Å². The minimum absolute atomic E-state index is 0.0944. The molecule has 2 N–H and O–H groups in total. The second kappa shape index (κ2) is 7.17. The van der Waals surface area contributed by atoms with Crippen LogP contribution in [0.4, 0.5) is 11.1 Å². The van der Waals surface area contributed by atoms with Crippen LogP contribution in [0, 0.1) is 0 Å². The SMILES string of the molecule is CCNC(=O)c1ccc2c(c1)nc(Nc1nc3ccc(Cl)cc3s1)n2CC. The Morgan fingerprint density at radius 1 is 1.15 bits per heavy atom. The summed E-state index contributed by atoms with van der Waals surface area (Å²) in [6, 6.07) is 11.2. The molecule has 0 fully saturated rings. The number of aromatic nitrogens is 3. The molecule has 4 aromatic rings. The molecule has 138 valence electrons. The third-order valence-corrected chi connectivity index (χ3v) is 5.40. The van der Waals surface area contributed by atoms with Crippen LogP contribution < -0.4 is 10.6 Å². The van der Waals surface area contributed by atoms with E-state index in [-0.39, 0.29) is 5.91 Å². The summed E-state index contributed by atoms with van der Waals surface area (Å²) in [6.07, 6.45) is 0. The average Bonchev–Trinajstić information content (AvgIpc) is 3.20. The van der Waals surface area contributed by atoms with Gasteiger partial charge in [-0.3, -0.25) is 4.79 Å². The molecule has 1 amide bonds. The molecule has 2 heterocycles. The first-order chi connectivity index (χ1) is 13.1. The quantitative estimate of drug-likeness (QED) is 0.505. The van der Waals surface area contributed by atoms with Crippen molar-refractivity contribution >= 4 is 61.2 Å². The maximum absolute atomic E-state index is 12.1. The molecule has 0 saturated carbocycles. The number of hydrogen-bond acceptors (Lipinski definition) is 5. The second-order valence-corrected chi connectivity index (χ2v) is 7.47. The van der Waals surface area contributed by atoms with Gasteiger partial charge in [0.1, 0.15) is 0 Å². The van der Waals surface area contributed by atoms with E-state index < -0.39 is 0 Å². The van der Waals surface area contributed by atoms with E-state index in [1.54, 1.807) is 0 Å². The number of carbonyl (C=O) groups is 1. The smallest absolute Gasteiger partial charge is 0.251 e. The fraction of sp³-hybridized carbons (Fsp3) is 0.211. The van der Waals surface area contributed by atoms with Gasteiger partial charge in [-0.1, -0.05) is 22.9 Å². The number of nitrogens with zero attached hydrogens (tertiary/aromatic N) is 3. The maximum Gasteiger partial charge on any atom is 0.251 e. The highest BCUT2D eigenvalue weighted by atomic mass is 35.5. The van der Waals surface area contributed by atoms with Crippen molar-refractivity contribution in [3.63, 3.8) is 0 Å². The molecule has 2 aromatic heterocycles. The lowest BCUT2D eigenvalue weighted by Gasteiger charge is -2.06. The van der Waals surface area contributed by atoms with Gasteiger partial charge < -0.3 is 15.2 Å². The lowest BCUT2D eigenvalue weighted by Crippen LogP contribution is -2.22. The van der Waals surface area contributed by atoms with E-state index >= 15 is 0 Å². The number of nitrogens with one attached hydrogen (secondary N) is 2. The van der Waals surface area contributed by atoms with Gasteiger partial charge in [-0.15, -0.1) is 0 Å². The summed E-state index contributed by atoms with van der Waals surface area (Å²) >= 11 is 7.59. The van der Waals surface area contributed by atoms with Crippen LogP contribution in [0.1, 0.15) is 24.2 Å². The number of halogens is 1. The zero-order chi connectivity index (χ0) is 19.0. The summed E-state index contributed by atoms with van der Waals surface area (Å²) in [5, 5.41) is 7.57. The van der Waals surface area contributed by atoms with E-state index in [9.17, 15) is 4.79 Å². The Morgan fingerprint density at radius 2 is 2.00 bits per heavy atom. The number of carbonyl (C=O) groups excluding carboxylic acids is 1. The summed E-state index contributed by atoms with van der Waals surface area (Å²) in [6.45, 7) is 5.29. The molecule has 0 aliphatic rings. The molecular weight excluding hydrogens is 382 g/mol. The van der Waals surface area contributed by atoms with E-state index in [4.69, 9.17) is 11.6 Å². The molecule has 0 spiro atoms. The van der Waals surface area contributed by atoms with Crippen molar-refractivity contribution in [1.29, 1.82) is 0 Å². The largest absolute Gasteiger partial charge is 0.352 e. The van der Waals surface area contributed by atoms with E-state index in [2.05, 4.69) is 32.1 Å². The van der Waals surface area contributed by atoms with E-state index in [1.165, 1.54) is 11.3 Å². The van der Waals surface area contributed by atoms with Crippen molar-refractivity contribution in [2.24, 2.45) is 0 Å². The number of benzene rings is 2. The van der Waals surface area contributed by atoms with Crippen LogP contribution in [-0.2, 0) is 6.54 Å². The molecule has 0 atom stereocenters. The fourth-order valence-corrected chi connectivity index (χ4v) is 4.13. The van der Waals surface area contributed by atoms with E-state index in [0.29, 0.717) is 23.1 Å². The number of hydrogen-bond donors (Lipinski definition) is 2. The number of imidazole rings is 1. The molecule has 8 heteroatoms. The first-order valence-corrected chi connectivity index (χ1v) is 9.90. The highest BCUT2D eigenvalue weighted by Crippen LogP contribution is 2.31. The third-order valence-electron chi connectivity index (χ3n) is 4.23. The molecule has 2 aromatic carbocycles. The molecular formula is C19H18ClN5OS. The summed E-state index contributed by atoms with van der Waals surface area (Å²) in [5.74, 6) is 0.605. The van der Waals surface area contributed by atoms with Crippen LogP contribution >= 0.6 is 22.9 Å². The van der Waals surface area contributed by atoms with Crippen LogP contribution in [0.15, 0.2) is 36.4 Å². The number of aryl methyl sites for hydroxylation is 1. The summed E-state index contributed by atoms with van der Waals surface area (Å²) in [7, 11) is 0. The summed E-state index contributed by atoms with van der Waals surface area (Å²) in [5.41, 5.74) is 3.24. The Balaban J connectivity index is 1.72. The van der Waals surface area contributed by atoms with Gasteiger partial charge in [0.25, 0.3) is 5.91 Å². The lowest BCUT2D eigenvalue weighted by molar-refractivity contribution is 0.0956. The molecule has 0 aliphatic heterocycles. The predicted molar refractivity (Wildman–Crippen MR) is 111 cm³/mol. The zero-order valence-electron chi connectivity index (χ0n) is 14.9. The van der Waals surface area contributed by atoms with Crippen LogP contribution in [0.5, 0.6) is 0 Å². The highest BCUT2D eigenvalue weighted by molar-refractivity contribution is 7.22. The molecule has 6 nitrogen and oxygen atoms in total. The number of fused-ring (bicyclic) bond motifs is 2. The summed E-state index contributed by atoms with van der Waals surface area (Å²) in [4.78, 5) is 21.4. The van der Waals surface area contributed by atoms with Gasteiger partial charge in [0.2, 0.25) is 5.95 Å². The highest BCUT2D eigenvalue weighted by Gasteiger charge is 2.14. The van der Waals surface area contributed by atoms with Gasteiger partial charge in [-0.2, -0.15) is 0 Å². The number of rotatable bonds is 5. The van der Waals surface area contributed by atoms with Crippen LogP contribution in [-0.4, -0.2) is 27.0 Å². The Morgan fingerprint density at radius 3 is 2.78 bits per heavy atom. The van der Waals surface area contributed by atoms with Gasteiger partial charge in [-0.25, -0.2) is 9.97 Å². The topological polar surface area (TPSA) is 71.8 Å². The van der Waals surface area contributed by atoms with E-state index in [1.807, 2.05) is 43.3 Å². The van der Waals surface area contributed by atoms with Gasteiger partial charge >= 0.3 is 0 Å². The lowest BCUT2D eigenvalue weighted by atomic mass is 10.2. The minimum atomic E-state index is -0.0944. The molecule has 4 rings (SSSR count). The Bertz CT molecular complexity index is 1150. The minimum Gasteiger partial charge on any atom is -0.352 e. The summed E-state index contributed by atoms with van der Waals surface area (Å²) < 4.78 is 3.08. The molecule has 0 saturated heterocycles.